The maximum absolute atomic E-state index is 12.1. The molecule has 21 heavy (non-hydrogen) atoms. The van der Waals surface area contributed by atoms with Gasteiger partial charge < -0.3 is 0 Å². The van der Waals surface area contributed by atoms with E-state index in [9.17, 15) is 4.79 Å². The average Bonchev–Trinajstić information content (AvgIpc) is 2.89. The van der Waals surface area contributed by atoms with E-state index in [1.165, 1.54) is 11.3 Å². The summed E-state index contributed by atoms with van der Waals surface area (Å²) in [5.41, 5.74) is 2.51. The number of nitrogens with one attached hydrogen (secondary N) is 1. The van der Waals surface area contributed by atoms with E-state index in [2.05, 4.69) is 15.3 Å². The predicted molar refractivity (Wildman–Crippen MR) is 84.5 cm³/mol. The molecule has 104 valence electrons. The van der Waals surface area contributed by atoms with Crippen molar-refractivity contribution in [2.75, 3.05) is 5.32 Å². The molecule has 1 amide bonds. The SMILES string of the molecule is Cc1nc(NC(=O)c2ccccc2)sc1-c1cccnc1. The van der Waals surface area contributed by atoms with Crippen molar-refractivity contribution in [1.82, 2.24) is 9.97 Å². The molecule has 2 heterocycles. The van der Waals surface area contributed by atoms with Crippen molar-refractivity contribution in [3.05, 3.63) is 66.1 Å². The molecule has 0 aliphatic heterocycles. The monoisotopic (exact) mass is 295 g/mol. The van der Waals surface area contributed by atoms with Gasteiger partial charge in [0.1, 0.15) is 0 Å². The molecule has 0 saturated carbocycles. The van der Waals surface area contributed by atoms with Crippen molar-refractivity contribution in [3.63, 3.8) is 0 Å². The highest BCUT2D eigenvalue weighted by Crippen LogP contribution is 2.32. The summed E-state index contributed by atoms with van der Waals surface area (Å²) >= 11 is 1.45. The van der Waals surface area contributed by atoms with Gasteiger partial charge in [-0.25, -0.2) is 4.98 Å². The lowest BCUT2D eigenvalue weighted by Crippen LogP contribution is -2.11. The molecule has 0 bridgehead atoms. The summed E-state index contributed by atoms with van der Waals surface area (Å²) in [5, 5.41) is 3.43. The number of benzene rings is 1. The second-order valence-corrected chi connectivity index (χ2v) is 5.49. The van der Waals surface area contributed by atoms with Crippen LogP contribution in [0.2, 0.25) is 0 Å². The highest BCUT2D eigenvalue weighted by atomic mass is 32.1. The fourth-order valence-corrected chi connectivity index (χ4v) is 2.93. The summed E-state index contributed by atoms with van der Waals surface area (Å²) in [7, 11) is 0. The lowest BCUT2D eigenvalue weighted by atomic mass is 10.2. The third-order valence-corrected chi connectivity index (χ3v) is 4.10. The maximum Gasteiger partial charge on any atom is 0.257 e. The molecule has 0 radical (unpaired) electrons. The van der Waals surface area contributed by atoms with Crippen molar-refractivity contribution in [3.8, 4) is 10.4 Å². The van der Waals surface area contributed by atoms with E-state index in [4.69, 9.17) is 0 Å². The van der Waals surface area contributed by atoms with E-state index >= 15 is 0 Å². The molecule has 0 spiro atoms. The Morgan fingerprint density at radius 3 is 2.67 bits per heavy atom. The Bertz CT molecular complexity index is 754. The van der Waals surface area contributed by atoms with Gasteiger partial charge in [-0.2, -0.15) is 0 Å². The Hall–Kier alpha value is -2.53. The van der Waals surface area contributed by atoms with Crippen molar-refractivity contribution in [2.45, 2.75) is 6.92 Å². The molecule has 0 atom stereocenters. The van der Waals surface area contributed by atoms with Gasteiger partial charge in [-0.3, -0.25) is 15.1 Å². The molecule has 0 saturated heterocycles. The Kier molecular flexibility index (Phi) is 3.75. The first-order chi connectivity index (χ1) is 10.2. The molecule has 0 fully saturated rings. The molecule has 2 aromatic heterocycles. The summed E-state index contributed by atoms with van der Waals surface area (Å²) in [5.74, 6) is -0.151. The van der Waals surface area contributed by atoms with Crippen LogP contribution in [-0.4, -0.2) is 15.9 Å². The van der Waals surface area contributed by atoms with E-state index < -0.39 is 0 Å². The second-order valence-electron chi connectivity index (χ2n) is 4.50. The predicted octanol–water partition coefficient (Wildman–Crippen LogP) is 3.77. The number of aryl methyl sites for hydroxylation is 1. The first kappa shape index (κ1) is 13.5. The minimum atomic E-state index is -0.151. The summed E-state index contributed by atoms with van der Waals surface area (Å²) < 4.78 is 0. The van der Waals surface area contributed by atoms with Crippen LogP contribution >= 0.6 is 11.3 Å². The minimum Gasteiger partial charge on any atom is -0.298 e. The van der Waals surface area contributed by atoms with Gasteiger partial charge in [0.15, 0.2) is 5.13 Å². The van der Waals surface area contributed by atoms with Crippen molar-refractivity contribution < 1.29 is 4.79 Å². The molecular weight excluding hydrogens is 282 g/mol. The normalized spacial score (nSPS) is 10.3. The van der Waals surface area contributed by atoms with Crippen molar-refractivity contribution >= 4 is 22.4 Å². The molecule has 0 aliphatic rings. The van der Waals surface area contributed by atoms with E-state index in [1.54, 1.807) is 24.5 Å². The smallest absolute Gasteiger partial charge is 0.257 e. The summed E-state index contributed by atoms with van der Waals surface area (Å²) in [4.78, 5) is 21.7. The number of hydrogen-bond acceptors (Lipinski definition) is 4. The molecular formula is C16H13N3OS. The molecule has 1 N–H and O–H groups in total. The third-order valence-electron chi connectivity index (χ3n) is 2.98. The number of carbonyl (C=O) groups excluding carboxylic acids is 1. The zero-order valence-corrected chi connectivity index (χ0v) is 12.2. The van der Waals surface area contributed by atoms with E-state index in [1.807, 2.05) is 37.3 Å². The first-order valence-corrected chi connectivity index (χ1v) is 7.30. The fraction of sp³-hybridized carbons (Fsp3) is 0.0625. The standard InChI is InChI=1S/C16H13N3OS/c1-11-14(13-8-5-9-17-10-13)21-16(18-11)19-15(20)12-6-3-2-4-7-12/h2-10H,1H3,(H,18,19,20). The first-order valence-electron chi connectivity index (χ1n) is 6.48. The van der Waals surface area contributed by atoms with Crippen LogP contribution in [0.5, 0.6) is 0 Å². The summed E-state index contributed by atoms with van der Waals surface area (Å²) in [6.07, 6.45) is 3.53. The Morgan fingerprint density at radius 1 is 1.14 bits per heavy atom. The van der Waals surface area contributed by atoms with Gasteiger partial charge in [-0.05, 0) is 25.1 Å². The Morgan fingerprint density at radius 2 is 1.95 bits per heavy atom. The van der Waals surface area contributed by atoms with Gasteiger partial charge in [0.25, 0.3) is 5.91 Å². The zero-order chi connectivity index (χ0) is 14.7. The molecule has 0 unspecified atom stereocenters. The van der Waals surface area contributed by atoms with Gasteiger partial charge >= 0.3 is 0 Å². The van der Waals surface area contributed by atoms with Crippen LogP contribution < -0.4 is 5.32 Å². The van der Waals surface area contributed by atoms with E-state index in [0.29, 0.717) is 10.7 Å². The third kappa shape index (κ3) is 2.98. The van der Waals surface area contributed by atoms with Gasteiger partial charge in [-0.15, -0.1) is 0 Å². The number of anilines is 1. The van der Waals surface area contributed by atoms with Crippen LogP contribution in [0.1, 0.15) is 16.1 Å². The van der Waals surface area contributed by atoms with Crippen molar-refractivity contribution in [2.24, 2.45) is 0 Å². The number of amides is 1. The van der Waals surface area contributed by atoms with Crippen LogP contribution in [0.4, 0.5) is 5.13 Å². The van der Waals surface area contributed by atoms with Gasteiger partial charge in [0, 0.05) is 23.5 Å². The summed E-state index contributed by atoms with van der Waals surface area (Å²) in [6.45, 7) is 1.93. The lowest BCUT2D eigenvalue weighted by Gasteiger charge is -2.00. The Balaban J connectivity index is 1.84. The van der Waals surface area contributed by atoms with Gasteiger partial charge in [0.2, 0.25) is 0 Å². The molecule has 5 heteroatoms. The second kappa shape index (κ2) is 5.85. The van der Waals surface area contributed by atoms with Crippen LogP contribution in [0.25, 0.3) is 10.4 Å². The number of aromatic nitrogens is 2. The van der Waals surface area contributed by atoms with Gasteiger partial charge in [-0.1, -0.05) is 35.6 Å². The molecule has 3 rings (SSSR count). The number of nitrogens with zero attached hydrogens (tertiary/aromatic N) is 2. The lowest BCUT2D eigenvalue weighted by molar-refractivity contribution is 0.102. The van der Waals surface area contributed by atoms with Crippen LogP contribution in [0, 0.1) is 6.92 Å². The number of rotatable bonds is 3. The average molecular weight is 295 g/mol. The highest BCUT2D eigenvalue weighted by Gasteiger charge is 2.12. The van der Waals surface area contributed by atoms with E-state index in [-0.39, 0.29) is 5.91 Å². The van der Waals surface area contributed by atoms with E-state index in [0.717, 1.165) is 16.1 Å². The largest absolute Gasteiger partial charge is 0.298 e. The fourth-order valence-electron chi connectivity index (χ4n) is 1.97. The number of carbonyl (C=O) groups is 1. The number of hydrogen-bond donors (Lipinski definition) is 1. The van der Waals surface area contributed by atoms with Crippen LogP contribution in [0.15, 0.2) is 54.9 Å². The molecule has 4 nitrogen and oxygen atoms in total. The molecule has 1 aromatic carbocycles. The minimum absolute atomic E-state index is 0.151. The maximum atomic E-state index is 12.1. The molecule has 0 aliphatic carbocycles. The zero-order valence-electron chi connectivity index (χ0n) is 11.4. The van der Waals surface area contributed by atoms with Crippen LogP contribution in [-0.2, 0) is 0 Å². The highest BCUT2D eigenvalue weighted by molar-refractivity contribution is 7.19. The number of thiazole rings is 1. The van der Waals surface area contributed by atoms with Crippen LogP contribution in [0.3, 0.4) is 0 Å². The topological polar surface area (TPSA) is 54.9 Å². The van der Waals surface area contributed by atoms with Crippen molar-refractivity contribution in [1.29, 1.82) is 0 Å². The quantitative estimate of drug-likeness (QED) is 0.800. The molecule has 3 aromatic rings. The summed E-state index contributed by atoms with van der Waals surface area (Å²) in [6, 6.07) is 13.0. The number of pyridine rings is 1. The Labute approximate surface area is 126 Å². The van der Waals surface area contributed by atoms with Gasteiger partial charge in [0.05, 0.1) is 10.6 Å².